The Hall–Kier alpha value is -4.44. The largest absolute Gasteiger partial charge is 0.343 e. The van der Waals surface area contributed by atoms with Gasteiger partial charge >= 0.3 is 0 Å². The van der Waals surface area contributed by atoms with Gasteiger partial charge in [0.05, 0.1) is 11.1 Å². The second-order valence-electron chi connectivity index (χ2n) is 11.7. The van der Waals surface area contributed by atoms with Crippen LogP contribution in [0.5, 0.6) is 0 Å². The molecule has 0 spiro atoms. The second-order valence-corrected chi connectivity index (χ2v) is 11.7. The summed E-state index contributed by atoms with van der Waals surface area (Å²) in [6.07, 6.45) is 0. The lowest BCUT2D eigenvalue weighted by Gasteiger charge is -2.28. The van der Waals surface area contributed by atoms with Gasteiger partial charge in [-0.25, -0.2) is 0 Å². The SMILES string of the molecule is C=C(C)c1cccc(C(C)(C)NC(=O)c2ccc3cc(C(=O)NC(C)(C)c4cccc(C(=C)C)c4)ccc3c2)c1. The molecule has 0 fully saturated rings. The Kier molecular flexibility index (Phi) is 7.84. The van der Waals surface area contributed by atoms with E-state index < -0.39 is 11.1 Å². The van der Waals surface area contributed by atoms with Crippen molar-refractivity contribution in [3.63, 3.8) is 0 Å². The number of benzene rings is 4. The van der Waals surface area contributed by atoms with E-state index in [-0.39, 0.29) is 11.8 Å². The van der Waals surface area contributed by atoms with Crippen LogP contribution in [0.2, 0.25) is 0 Å². The number of hydrogen-bond acceptors (Lipinski definition) is 2. The Balaban J connectivity index is 1.51. The number of fused-ring (bicyclic) bond motifs is 1. The standard InChI is InChI=1S/C36H38N2O2/c1-23(2)25-11-9-13-31(21-25)35(5,6)37-33(39)29-17-15-28-20-30(18-16-27(28)19-29)34(40)38-36(7,8)32-14-10-12-26(22-32)24(3)4/h9-22H,1,3H2,2,4-8H3,(H,37,39)(H,38,40). The maximum atomic E-state index is 13.2. The minimum Gasteiger partial charge on any atom is -0.343 e. The molecule has 0 aliphatic carbocycles. The molecule has 0 heterocycles. The summed E-state index contributed by atoms with van der Waals surface area (Å²) in [5.41, 5.74) is 6.05. The minimum absolute atomic E-state index is 0.159. The molecule has 2 amide bonds. The molecule has 0 saturated heterocycles. The first-order valence-electron chi connectivity index (χ1n) is 13.5. The Morgan fingerprint density at radius 3 is 1.27 bits per heavy atom. The van der Waals surface area contributed by atoms with E-state index in [9.17, 15) is 9.59 Å². The van der Waals surface area contributed by atoms with Gasteiger partial charge in [-0.3, -0.25) is 9.59 Å². The fraction of sp³-hybridized carbons (Fsp3) is 0.222. The third kappa shape index (κ3) is 6.23. The van der Waals surface area contributed by atoms with Gasteiger partial charge in [0.1, 0.15) is 0 Å². The zero-order valence-corrected chi connectivity index (χ0v) is 24.3. The third-order valence-electron chi connectivity index (χ3n) is 7.37. The zero-order valence-electron chi connectivity index (χ0n) is 24.3. The molecule has 4 aromatic rings. The quantitative estimate of drug-likeness (QED) is 0.241. The van der Waals surface area contributed by atoms with Crippen LogP contribution < -0.4 is 10.6 Å². The zero-order chi connectivity index (χ0) is 29.2. The Morgan fingerprint density at radius 2 is 0.925 bits per heavy atom. The number of amides is 2. The first-order valence-corrected chi connectivity index (χ1v) is 13.5. The summed E-state index contributed by atoms with van der Waals surface area (Å²) >= 11 is 0. The van der Waals surface area contributed by atoms with Crippen molar-refractivity contribution in [3.05, 3.63) is 131 Å². The number of allylic oxidation sites excluding steroid dienone is 2. The van der Waals surface area contributed by atoms with Crippen LogP contribution in [0.15, 0.2) is 98.1 Å². The normalized spacial score (nSPS) is 11.7. The van der Waals surface area contributed by atoms with E-state index in [2.05, 4.69) is 35.9 Å². The van der Waals surface area contributed by atoms with Crippen LogP contribution in [0, 0.1) is 0 Å². The average Bonchev–Trinajstić information content (AvgIpc) is 2.92. The molecule has 4 nitrogen and oxygen atoms in total. The minimum atomic E-state index is -0.573. The van der Waals surface area contributed by atoms with Crippen molar-refractivity contribution in [2.45, 2.75) is 52.6 Å². The lowest BCUT2D eigenvalue weighted by Crippen LogP contribution is -2.41. The van der Waals surface area contributed by atoms with E-state index in [1.54, 1.807) is 12.1 Å². The van der Waals surface area contributed by atoms with Crippen molar-refractivity contribution in [3.8, 4) is 0 Å². The molecule has 0 saturated carbocycles. The highest BCUT2D eigenvalue weighted by molar-refractivity contribution is 6.02. The maximum absolute atomic E-state index is 13.2. The van der Waals surface area contributed by atoms with Gasteiger partial charge in [0, 0.05) is 11.1 Å². The van der Waals surface area contributed by atoms with Crippen LogP contribution >= 0.6 is 0 Å². The number of hydrogen-bond donors (Lipinski definition) is 2. The summed E-state index contributed by atoms with van der Waals surface area (Å²) in [6, 6.07) is 27.2. The summed E-state index contributed by atoms with van der Waals surface area (Å²) in [5.74, 6) is -0.318. The van der Waals surface area contributed by atoms with Gasteiger partial charge in [-0.15, -0.1) is 0 Å². The summed E-state index contributed by atoms with van der Waals surface area (Å²) in [4.78, 5) is 26.5. The molecule has 0 atom stereocenters. The highest BCUT2D eigenvalue weighted by atomic mass is 16.2. The van der Waals surface area contributed by atoms with Gasteiger partial charge in [0.15, 0.2) is 0 Å². The Bertz CT molecular complexity index is 1520. The topological polar surface area (TPSA) is 58.2 Å². The van der Waals surface area contributed by atoms with Gasteiger partial charge < -0.3 is 10.6 Å². The number of nitrogens with one attached hydrogen (secondary N) is 2. The number of carbonyl (C=O) groups excluding carboxylic acids is 2. The van der Waals surface area contributed by atoms with Crippen molar-refractivity contribution in [1.29, 1.82) is 0 Å². The fourth-order valence-corrected chi connectivity index (χ4v) is 4.73. The van der Waals surface area contributed by atoms with Crippen LogP contribution in [0.4, 0.5) is 0 Å². The third-order valence-corrected chi connectivity index (χ3v) is 7.37. The van der Waals surface area contributed by atoms with Crippen LogP contribution in [-0.2, 0) is 11.1 Å². The van der Waals surface area contributed by atoms with E-state index >= 15 is 0 Å². The molecule has 0 unspecified atom stereocenters. The molecule has 40 heavy (non-hydrogen) atoms. The molecule has 204 valence electrons. The first-order chi connectivity index (χ1) is 18.8. The van der Waals surface area contributed by atoms with E-state index in [4.69, 9.17) is 0 Å². The first kappa shape index (κ1) is 28.6. The van der Waals surface area contributed by atoms with E-state index in [0.717, 1.165) is 44.2 Å². The van der Waals surface area contributed by atoms with Crippen molar-refractivity contribution in [2.24, 2.45) is 0 Å². The molecule has 0 aromatic heterocycles. The van der Waals surface area contributed by atoms with Gasteiger partial charge in [-0.05, 0) is 111 Å². The van der Waals surface area contributed by atoms with Gasteiger partial charge in [-0.1, -0.05) is 72.8 Å². The maximum Gasteiger partial charge on any atom is 0.251 e. The summed E-state index contributed by atoms with van der Waals surface area (Å²) < 4.78 is 0. The lowest BCUT2D eigenvalue weighted by atomic mass is 9.91. The monoisotopic (exact) mass is 530 g/mol. The molecule has 0 aliphatic rings. The summed E-state index contributed by atoms with van der Waals surface area (Å²) in [5, 5.41) is 8.10. The van der Waals surface area contributed by atoms with Crippen molar-refractivity contribution >= 4 is 33.7 Å². The van der Waals surface area contributed by atoms with Gasteiger partial charge in [0.25, 0.3) is 11.8 Å². The summed E-state index contributed by atoms with van der Waals surface area (Å²) in [6.45, 7) is 20.0. The molecule has 4 heteroatoms. The van der Waals surface area contributed by atoms with Crippen LogP contribution in [-0.4, -0.2) is 11.8 Å². The highest BCUT2D eigenvalue weighted by Crippen LogP contribution is 2.27. The predicted molar refractivity (Wildman–Crippen MR) is 167 cm³/mol. The van der Waals surface area contributed by atoms with Crippen LogP contribution in [0.25, 0.3) is 21.9 Å². The molecular weight excluding hydrogens is 492 g/mol. The van der Waals surface area contributed by atoms with Crippen molar-refractivity contribution in [1.82, 2.24) is 10.6 Å². The highest BCUT2D eigenvalue weighted by Gasteiger charge is 2.25. The molecule has 2 N–H and O–H groups in total. The number of rotatable bonds is 8. The Morgan fingerprint density at radius 1 is 0.550 bits per heavy atom. The smallest absolute Gasteiger partial charge is 0.251 e. The van der Waals surface area contributed by atoms with Gasteiger partial charge in [0.2, 0.25) is 0 Å². The van der Waals surface area contributed by atoms with E-state index in [1.165, 1.54) is 0 Å². The molecule has 0 bridgehead atoms. The van der Waals surface area contributed by atoms with Gasteiger partial charge in [-0.2, -0.15) is 0 Å². The molecule has 4 rings (SSSR count). The lowest BCUT2D eigenvalue weighted by molar-refractivity contribution is 0.0903. The van der Waals surface area contributed by atoms with Crippen molar-refractivity contribution < 1.29 is 9.59 Å². The van der Waals surface area contributed by atoms with E-state index in [0.29, 0.717) is 11.1 Å². The Labute approximate surface area is 237 Å². The van der Waals surface area contributed by atoms with Crippen LogP contribution in [0.3, 0.4) is 0 Å². The van der Waals surface area contributed by atoms with Crippen molar-refractivity contribution in [2.75, 3.05) is 0 Å². The van der Waals surface area contributed by atoms with E-state index in [1.807, 2.05) is 102 Å². The molecular formula is C36H38N2O2. The molecule has 4 aromatic carbocycles. The second kappa shape index (κ2) is 11.0. The van der Waals surface area contributed by atoms with Crippen LogP contribution in [0.1, 0.15) is 84.5 Å². The molecule has 0 radical (unpaired) electrons. The summed E-state index contributed by atoms with van der Waals surface area (Å²) in [7, 11) is 0. The predicted octanol–water partition coefficient (Wildman–Crippen LogP) is 8.24. The fourth-order valence-electron chi connectivity index (χ4n) is 4.73. The molecule has 0 aliphatic heterocycles. The number of carbonyl (C=O) groups is 2. The average molecular weight is 531 g/mol.